The number of pyridine rings is 1. The third kappa shape index (κ3) is 3.47. The number of anilines is 1. The van der Waals surface area contributed by atoms with Gasteiger partial charge in [-0.25, -0.2) is 0 Å². The Hall–Kier alpha value is -1.13. The number of aliphatic hydroxyl groups excluding tert-OH is 1. The molecule has 0 fully saturated rings. The highest BCUT2D eigenvalue weighted by Crippen LogP contribution is 2.15. The molecule has 90 valence electrons. The van der Waals surface area contributed by atoms with Crippen molar-refractivity contribution in [2.24, 2.45) is 5.73 Å². The van der Waals surface area contributed by atoms with Crippen LogP contribution in [0.15, 0.2) is 18.3 Å². The van der Waals surface area contributed by atoms with E-state index in [9.17, 15) is 0 Å². The molecule has 3 N–H and O–H groups in total. The predicted molar refractivity (Wildman–Crippen MR) is 66.4 cm³/mol. The second kappa shape index (κ2) is 6.45. The highest BCUT2D eigenvalue weighted by Gasteiger charge is 2.05. The van der Waals surface area contributed by atoms with Gasteiger partial charge in [-0.15, -0.1) is 0 Å². The van der Waals surface area contributed by atoms with Crippen LogP contribution >= 0.6 is 0 Å². The Bertz CT molecular complexity index is 298. The van der Waals surface area contributed by atoms with Crippen molar-refractivity contribution < 1.29 is 5.11 Å². The van der Waals surface area contributed by atoms with E-state index in [4.69, 9.17) is 10.8 Å². The van der Waals surface area contributed by atoms with E-state index >= 15 is 0 Å². The fourth-order valence-electron chi connectivity index (χ4n) is 1.59. The highest BCUT2D eigenvalue weighted by molar-refractivity contribution is 5.44. The van der Waals surface area contributed by atoms with Crippen LogP contribution in [-0.2, 0) is 0 Å². The first-order valence-electron chi connectivity index (χ1n) is 5.76. The van der Waals surface area contributed by atoms with Gasteiger partial charge in [-0.05, 0) is 32.4 Å². The van der Waals surface area contributed by atoms with Gasteiger partial charge in [0.1, 0.15) is 0 Å². The lowest BCUT2D eigenvalue weighted by Gasteiger charge is -2.22. The minimum atomic E-state index is -0.0263. The van der Waals surface area contributed by atoms with Gasteiger partial charge in [0.2, 0.25) is 0 Å². The van der Waals surface area contributed by atoms with Gasteiger partial charge in [-0.3, -0.25) is 4.98 Å². The summed E-state index contributed by atoms with van der Waals surface area (Å²) >= 11 is 0. The molecular weight excluding hydrogens is 202 g/mol. The van der Waals surface area contributed by atoms with Crippen LogP contribution in [0.2, 0.25) is 0 Å². The van der Waals surface area contributed by atoms with Crippen molar-refractivity contribution >= 4 is 5.69 Å². The summed E-state index contributed by atoms with van der Waals surface area (Å²) in [5.74, 6) is 0. The quantitative estimate of drug-likeness (QED) is 0.763. The molecule has 1 atom stereocenters. The Morgan fingerprint density at radius 1 is 1.50 bits per heavy atom. The van der Waals surface area contributed by atoms with Gasteiger partial charge in [-0.1, -0.05) is 0 Å². The van der Waals surface area contributed by atoms with Crippen LogP contribution in [-0.4, -0.2) is 29.8 Å². The third-order valence-corrected chi connectivity index (χ3v) is 2.57. The van der Waals surface area contributed by atoms with Crippen molar-refractivity contribution in [3.05, 3.63) is 24.0 Å². The zero-order valence-corrected chi connectivity index (χ0v) is 10.1. The van der Waals surface area contributed by atoms with Crippen LogP contribution in [0.25, 0.3) is 0 Å². The van der Waals surface area contributed by atoms with Crippen LogP contribution in [0.3, 0.4) is 0 Å². The smallest absolute Gasteiger partial charge is 0.0569 e. The van der Waals surface area contributed by atoms with E-state index in [-0.39, 0.29) is 12.6 Å². The van der Waals surface area contributed by atoms with Crippen molar-refractivity contribution in [2.75, 3.05) is 24.6 Å². The molecule has 1 aromatic rings. The summed E-state index contributed by atoms with van der Waals surface area (Å²) in [7, 11) is 0. The summed E-state index contributed by atoms with van der Waals surface area (Å²) in [5.41, 5.74) is 7.73. The zero-order valence-electron chi connectivity index (χ0n) is 10.1. The molecule has 1 unspecified atom stereocenters. The molecule has 16 heavy (non-hydrogen) atoms. The number of hydrogen-bond acceptors (Lipinski definition) is 4. The van der Waals surface area contributed by atoms with Gasteiger partial charge in [-0.2, -0.15) is 0 Å². The maximum atomic E-state index is 8.82. The predicted octanol–water partition coefficient (Wildman–Crippen LogP) is 1.31. The van der Waals surface area contributed by atoms with Crippen LogP contribution in [0, 0.1) is 0 Å². The van der Waals surface area contributed by atoms with Crippen LogP contribution in [0.1, 0.15) is 32.0 Å². The molecule has 4 nitrogen and oxygen atoms in total. The summed E-state index contributed by atoms with van der Waals surface area (Å²) in [6, 6.07) is 3.97. The van der Waals surface area contributed by atoms with Crippen molar-refractivity contribution in [1.29, 1.82) is 0 Å². The monoisotopic (exact) mass is 223 g/mol. The molecule has 4 heteroatoms. The number of aromatic nitrogens is 1. The van der Waals surface area contributed by atoms with Gasteiger partial charge < -0.3 is 15.7 Å². The Morgan fingerprint density at radius 2 is 2.25 bits per heavy atom. The standard InChI is InChI=1S/C12H21N3O/c1-3-15(7-4-8-16)11-5-6-12(10(2)13)14-9-11/h5-6,9-10,16H,3-4,7-8,13H2,1-2H3. The lowest BCUT2D eigenvalue weighted by molar-refractivity contribution is 0.289. The van der Waals surface area contributed by atoms with Crippen molar-refractivity contribution in [3.63, 3.8) is 0 Å². The molecule has 1 rings (SSSR count). The molecule has 0 amide bonds. The van der Waals surface area contributed by atoms with Crippen LogP contribution in [0.4, 0.5) is 5.69 Å². The molecule has 0 aliphatic heterocycles. The molecule has 1 heterocycles. The Kier molecular flexibility index (Phi) is 5.22. The largest absolute Gasteiger partial charge is 0.396 e. The summed E-state index contributed by atoms with van der Waals surface area (Å²) in [6.45, 7) is 6.01. The molecule has 0 radical (unpaired) electrons. The van der Waals surface area contributed by atoms with Gasteiger partial charge in [0.05, 0.1) is 17.6 Å². The molecule has 0 aliphatic carbocycles. The first kappa shape index (κ1) is 12.9. The van der Waals surface area contributed by atoms with Crippen molar-refractivity contribution in [2.45, 2.75) is 26.3 Å². The van der Waals surface area contributed by atoms with E-state index < -0.39 is 0 Å². The number of nitrogens with zero attached hydrogens (tertiary/aromatic N) is 2. The minimum absolute atomic E-state index is 0.0263. The molecule has 0 aliphatic rings. The molecular formula is C12H21N3O. The second-order valence-corrected chi connectivity index (χ2v) is 3.89. The molecule has 0 spiro atoms. The highest BCUT2D eigenvalue weighted by atomic mass is 16.3. The first-order valence-corrected chi connectivity index (χ1v) is 5.76. The average Bonchev–Trinajstić information content (AvgIpc) is 2.30. The number of rotatable bonds is 6. The SMILES string of the molecule is CCN(CCCO)c1ccc(C(C)N)nc1. The van der Waals surface area contributed by atoms with E-state index in [2.05, 4.69) is 16.8 Å². The summed E-state index contributed by atoms with van der Waals surface area (Å²) < 4.78 is 0. The van der Waals surface area contributed by atoms with E-state index in [1.54, 1.807) is 0 Å². The number of aliphatic hydroxyl groups is 1. The summed E-state index contributed by atoms with van der Waals surface area (Å²) in [6.07, 6.45) is 2.63. The van der Waals surface area contributed by atoms with Gasteiger partial charge in [0.15, 0.2) is 0 Å². The van der Waals surface area contributed by atoms with Crippen molar-refractivity contribution in [1.82, 2.24) is 4.98 Å². The minimum Gasteiger partial charge on any atom is -0.396 e. The van der Waals surface area contributed by atoms with E-state index in [1.807, 2.05) is 25.3 Å². The third-order valence-electron chi connectivity index (χ3n) is 2.57. The van der Waals surface area contributed by atoms with Crippen molar-refractivity contribution in [3.8, 4) is 0 Å². The lowest BCUT2D eigenvalue weighted by Crippen LogP contribution is -2.24. The van der Waals surface area contributed by atoms with Gasteiger partial charge in [0.25, 0.3) is 0 Å². The molecule has 0 saturated carbocycles. The first-order chi connectivity index (χ1) is 7.69. The van der Waals surface area contributed by atoms with E-state index in [0.29, 0.717) is 0 Å². The van der Waals surface area contributed by atoms with Crippen LogP contribution < -0.4 is 10.6 Å². The maximum absolute atomic E-state index is 8.82. The van der Waals surface area contributed by atoms with Gasteiger partial charge in [0, 0.05) is 25.7 Å². The van der Waals surface area contributed by atoms with E-state index in [1.165, 1.54) is 0 Å². The fourth-order valence-corrected chi connectivity index (χ4v) is 1.59. The van der Waals surface area contributed by atoms with E-state index in [0.717, 1.165) is 30.9 Å². The maximum Gasteiger partial charge on any atom is 0.0569 e. The lowest BCUT2D eigenvalue weighted by atomic mass is 10.2. The number of hydrogen-bond donors (Lipinski definition) is 2. The molecule has 0 aromatic carbocycles. The summed E-state index contributed by atoms with van der Waals surface area (Å²) in [5, 5.41) is 8.82. The Morgan fingerprint density at radius 3 is 2.69 bits per heavy atom. The summed E-state index contributed by atoms with van der Waals surface area (Å²) in [4.78, 5) is 6.51. The number of nitrogens with two attached hydrogens (primary N) is 1. The molecule has 0 saturated heterocycles. The molecule has 1 aromatic heterocycles. The average molecular weight is 223 g/mol. The Labute approximate surface area is 97.1 Å². The Balaban J connectivity index is 2.70. The van der Waals surface area contributed by atoms with Gasteiger partial charge >= 0.3 is 0 Å². The molecule has 0 bridgehead atoms. The fraction of sp³-hybridized carbons (Fsp3) is 0.583. The normalized spacial score (nSPS) is 12.5. The zero-order chi connectivity index (χ0) is 12.0. The topological polar surface area (TPSA) is 62.4 Å². The van der Waals surface area contributed by atoms with Crippen LogP contribution in [0.5, 0.6) is 0 Å². The second-order valence-electron chi connectivity index (χ2n) is 3.89.